The third-order valence-corrected chi connectivity index (χ3v) is 4.06. The summed E-state index contributed by atoms with van der Waals surface area (Å²) in [7, 11) is 3.96. The Balaban J connectivity index is 2.03. The molecule has 0 heterocycles. The van der Waals surface area contributed by atoms with Gasteiger partial charge >= 0.3 is 0 Å². The molecule has 1 aliphatic rings. The molecule has 0 aromatic carbocycles. The SMILES string of the molecule is CSC1(CNCC(O)CN(C)C)CC1. The van der Waals surface area contributed by atoms with Crippen molar-refractivity contribution in [2.75, 3.05) is 40.0 Å². The summed E-state index contributed by atoms with van der Waals surface area (Å²) in [5.41, 5.74) is 0. The highest BCUT2D eigenvalue weighted by atomic mass is 32.2. The van der Waals surface area contributed by atoms with Gasteiger partial charge in [-0.2, -0.15) is 11.8 Å². The molecule has 0 aromatic rings. The van der Waals surface area contributed by atoms with E-state index >= 15 is 0 Å². The Bertz CT molecular complexity index is 172. The van der Waals surface area contributed by atoms with Gasteiger partial charge in [0.15, 0.2) is 0 Å². The van der Waals surface area contributed by atoms with E-state index in [1.54, 1.807) is 0 Å². The first-order valence-electron chi connectivity index (χ1n) is 5.17. The van der Waals surface area contributed by atoms with Crippen LogP contribution < -0.4 is 5.32 Å². The number of rotatable bonds is 7. The molecule has 1 unspecified atom stereocenters. The molecular weight excluding hydrogens is 196 g/mol. The lowest BCUT2D eigenvalue weighted by molar-refractivity contribution is 0.135. The molecule has 1 aliphatic carbocycles. The molecule has 1 fully saturated rings. The number of aliphatic hydroxyl groups excluding tert-OH is 1. The van der Waals surface area contributed by atoms with Gasteiger partial charge in [0.25, 0.3) is 0 Å². The third kappa shape index (κ3) is 4.17. The van der Waals surface area contributed by atoms with Crippen LogP contribution in [0.4, 0.5) is 0 Å². The van der Waals surface area contributed by atoms with Gasteiger partial charge in [-0.25, -0.2) is 0 Å². The second-order valence-electron chi connectivity index (χ2n) is 4.43. The first-order valence-corrected chi connectivity index (χ1v) is 6.39. The van der Waals surface area contributed by atoms with Crippen LogP contribution in [0.5, 0.6) is 0 Å². The maximum absolute atomic E-state index is 9.60. The minimum atomic E-state index is -0.248. The molecule has 1 saturated carbocycles. The number of hydrogen-bond acceptors (Lipinski definition) is 4. The number of aliphatic hydroxyl groups is 1. The second-order valence-corrected chi connectivity index (χ2v) is 5.71. The summed E-state index contributed by atoms with van der Waals surface area (Å²) < 4.78 is 0.498. The summed E-state index contributed by atoms with van der Waals surface area (Å²) in [5.74, 6) is 0. The predicted octanol–water partition coefficient (Wildman–Crippen LogP) is 0.394. The smallest absolute Gasteiger partial charge is 0.0791 e. The minimum Gasteiger partial charge on any atom is -0.390 e. The van der Waals surface area contributed by atoms with E-state index in [2.05, 4.69) is 11.6 Å². The monoisotopic (exact) mass is 218 g/mol. The van der Waals surface area contributed by atoms with E-state index in [1.165, 1.54) is 12.8 Å². The summed E-state index contributed by atoms with van der Waals surface area (Å²) >= 11 is 1.95. The zero-order valence-electron chi connectivity index (χ0n) is 9.42. The highest BCUT2D eigenvalue weighted by molar-refractivity contribution is 8.00. The lowest BCUT2D eigenvalue weighted by Crippen LogP contribution is -2.37. The molecule has 2 N–H and O–H groups in total. The lowest BCUT2D eigenvalue weighted by atomic mass is 10.3. The second kappa shape index (κ2) is 5.35. The van der Waals surface area contributed by atoms with Crippen LogP contribution in [0, 0.1) is 0 Å². The molecule has 0 radical (unpaired) electrons. The summed E-state index contributed by atoms with van der Waals surface area (Å²) in [6, 6.07) is 0. The number of nitrogens with zero attached hydrogens (tertiary/aromatic N) is 1. The Morgan fingerprint density at radius 2 is 2.14 bits per heavy atom. The molecule has 0 saturated heterocycles. The van der Waals surface area contributed by atoms with Crippen LogP contribution in [0.1, 0.15) is 12.8 Å². The zero-order valence-corrected chi connectivity index (χ0v) is 10.2. The fraction of sp³-hybridized carbons (Fsp3) is 1.00. The molecule has 1 rings (SSSR count). The van der Waals surface area contributed by atoms with Crippen molar-refractivity contribution < 1.29 is 5.11 Å². The van der Waals surface area contributed by atoms with Crippen molar-refractivity contribution in [3.63, 3.8) is 0 Å². The molecule has 84 valence electrons. The van der Waals surface area contributed by atoms with Crippen molar-refractivity contribution >= 4 is 11.8 Å². The highest BCUT2D eigenvalue weighted by Crippen LogP contribution is 2.46. The molecule has 1 atom stereocenters. The van der Waals surface area contributed by atoms with E-state index in [9.17, 15) is 5.11 Å². The first kappa shape index (κ1) is 12.3. The van der Waals surface area contributed by atoms with Crippen molar-refractivity contribution in [1.29, 1.82) is 0 Å². The largest absolute Gasteiger partial charge is 0.390 e. The van der Waals surface area contributed by atoms with Gasteiger partial charge in [0.1, 0.15) is 0 Å². The van der Waals surface area contributed by atoms with E-state index in [0.29, 0.717) is 11.3 Å². The van der Waals surface area contributed by atoms with Crippen LogP contribution in [0.2, 0.25) is 0 Å². The van der Waals surface area contributed by atoms with Gasteiger partial charge in [0, 0.05) is 24.4 Å². The lowest BCUT2D eigenvalue weighted by Gasteiger charge is -2.18. The van der Waals surface area contributed by atoms with Gasteiger partial charge in [-0.3, -0.25) is 0 Å². The maximum atomic E-state index is 9.60. The first-order chi connectivity index (χ1) is 6.58. The Morgan fingerprint density at radius 3 is 2.57 bits per heavy atom. The topological polar surface area (TPSA) is 35.5 Å². The van der Waals surface area contributed by atoms with Crippen LogP contribution in [-0.4, -0.2) is 60.8 Å². The fourth-order valence-electron chi connectivity index (χ4n) is 1.55. The van der Waals surface area contributed by atoms with Crippen molar-refractivity contribution in [2.24, 2.45) is 0 Å². The van der Waals surface area contributed by atoms with Crippen molar-refractivity contribution in [3.05, 3.63) is 0 Å². The van der Waals surface area contributed by atoms with Crippen molar-refractivity contribution in [3.8, 4) is 0 Å². The molecule has 0 amide bonds. The van der Waals surface area contributed by atoms with Crippen molar-refractivity contribution in [2.45, 2.75) is 23.7 Å². The van der Waals surface area contributed by atoms with Gasteiger partial charge in [0.05, 0.1) is 6.10 Å². The Morgan fingerprint density at radius 1 is 1.50 bits per heavy atom. The van der Waals surface area contributed by atoms with Gasteiger partial charge in [-0.05, 0) is 33.2 Å². The van der Waals surface area contributed by atoms with Gasteiger partial charge < -0.3 is 15.3 Å². The molecular formula is C10H22N2OS. The molecule has 3 nitrogen and oxygen atoms in total. The average molecular weight is 218 g/mol. The number of thioether (sulfide) groups is 1. The molecule has 0 aliphatic heterocycles. The molecule has 0 spiro atoms. The minimum absolute atomic E-state index is 0.248. The van der Waals surface area contributed by atoms with Crippen LogP contribution >= 0.6 is 11.8 Å². The molecule has 0 bridgehead atoms. The summed E-state index contributed by atoms with van der Waals surface area (Å²) in [5, 5.41) is 12.9. The van der Waals surface area contributed by atoms with E-state index in [4.69, 9.17) is 0 Å². The van der Waals surface area contributed by atoms with Crippen LogP contribution in [0.3, 0.4) is 0 Å². The Labute approximate surface area is 91.2 Å². The van der Waals surface area contributed by atoms with Crippen LogP contribution in [0.25, 0.3) is 0 Å². The number of likely N-dealkylation sites (N-methyl/N-ethyl adjacent to an activating group) is 1. The molecule has 4 heteroatoms. The third-order valence-electron chi connectivity index (χ3n) is 2.64. The standard InChI is InChI=1S/C10H22N2OS/c1-12(2)7-9(13)6-11-8-10(14-3)4-5-10/h9,11,13H,4-8H2,1-3H3. The number of nitrogens with one attached hydrogen (secondary N) is 1. The highest BCUT2D eigenvalue weighted by Gasteiger charge is 2.41. The fourth-order valence-corrected chi connectivity index (χ4v) is 2.30. The van der Waals surface area contributed by atoms with Crippen LogP contribution in [-0.2, 0) is 0 Å². The number of hydrogen-bond donors (Lipinski definition) is 2. The van der Waals surface area contributed by atoms with Gasteiger partial charge in [-0.1, -0.05) is 0 Å². The zero-order chi connectivity index (χ0) is 10.6. The summed E-state index contributed by atoms with van der Waals surface area (Å²) in [6.45, 7) is 2.48. The molecule has 14 heavy (non-hydrogen) atoms. The van der Waals surface area contributed by atoms with E-state index in [1.807, 2.05) is 30.8 Å². The van der Waals surface area contributed by atoms with E-state index in [0.717, 1.165) is 13.1 Å². The van der Waals surface area contributed by atoms with Crippen molar-refractivity contribution in [1.82, 2.24) is 10.2 Å². The van der Waals surface area contributed by atoms with Gasteiger partial charge in [0.2, 0.25) is 0 Å². The molecule has 0 aromatic heterocycles. The normalized spacial score (nSPS) is 21.2. The Hall–Kier alpha value is 0.230. The Kier molecular flexibility index (Phi) is 4.70. The van der Waals surface area contributed by atoms with E-state index < -0.39 is 0 Å². The van der Waals surface area contributed by atoms with E-state index in [-0.39, 0.29) is 6.10 Å². The summed E-state index contributed by atoms with van der Waals surface area (Å²) in [4.78, 5) is 2.01. The maximum Gasteiger partial charge on any atom is 0.0791 e. The summed E-state index contributed by atoms with van der Waals surface area (Å²) in [6.07, 6.45) is 4.57. The average Bonchev–Trinajstić information content (AvgIpc) is 2.84. The quantitative estimate of drug-likeness (QED) is 0.648. The predicted molar refractivity (Wildman–Crippen MR) is 62.9 cm³/mol. The van der Waals surface area contributed by atoms with Gasteiger partial charge in [-0.15, -0.1) is 0 Å². The van der Waals surface area contributed by atoms with Crippen LogP contribution in [0.15, 0.2) is 0 Å².